The summed E-state index contributed by atoms with van der Waals surface area (Å²) in [5, 5.41) is 6.80. The number of hydrogen-bond acceptors (Lipinski definition) is 5. The first-order valence-corrected chi connectivity index (χ1v) is 6.61. The summed E-state index contributed by atoms with van der Waals surface area (Å²) in [7, 11) is 1.49. The van der Waals surface area contributed by atoms with Gasteiger partial charge in [0, 0.05) is 5.56 Å². The molecule has 0 fully saturated rings. The van der Waals surface area contributed by atoms with Gasteiger partial charge in [-0.25, -0.2) is 0 Å². The third kappa shape index (κ3) is 2.84. The lowest BCUT2D eigenvalue weighted by Crippen LogP contribution is -2.27. The molecule has 0 bridgehead atoms. The van der Waals surface area contributed by atoms with Crippen molar-refractivity contribution in [1.29, 1.82) is 0 Å². The number of aryl methyl sites for hydroxylation is 2. The van der Waals surface area contributed by atoms with Crippen molar-refractivity contribution < 1.29 is 14.1 Å². The van der Waals surface area contributed by atoms with Crippen molar-refractivity contribution >= 4 is 11.6 Å². The topological polar surface area (TPSA) is 90.4 Å². The molecule has 0 spiro atoms. The smallest absolute Gasteiger partial charge is 0.255 e. The summed E-state index contributed by atoms with van der Waals surface area (Å²) in [6.45, 7) is 5.54. The van der Waals surface area contributed by atoms with E-state index in [9.17, 15) is 4.79 Å². The minimum absolute atomic E-state index is 0.227. The average Bonchev–Trinajstić information content (AvgIpc) is 2.77. The predicted molar refractivity (Wildman–Crippen MR) is 79.3 cm³/mol. The number of amides is 1. The quantitative estimate of drug-likeness (QED) is 0.843. The van der Waals surface area contributed by atoms with Gasteiger partial charge in [0.25, 0.3) is 5.91 Å². The number of anilines is 1. The number of hydrogen-bond donors (Lipinski definition) is 2. The van der Waals surface area contributed by atoms with Crippen molar-refractivity contribution in [2.45, 2.75) is 26.8 Å². The highest BCUT2D eigenvalue weighted by Gasteiger charge is 2.21. The molecular formula is C15H19N3O3. The lowest BCUT2D eigenvalue weighted by Gasteiger charge is -2.16. The van der Waals surface area contributed by atoms with E-state index in [0.29, 0.717) is 22.8 Å². The van der Waals surface area contributed by atoms with Gasteiger partial charge >= 0.3 is 0 Å². The summed E-state index contributed by atoms with van der Waals surface area (Å²) in [5.74, 6) is 0.812. The van der Waals surface area contributed by atoms with Gasteiger partial charge in [0.05, 0.1) is 30.1 Å². The molecule has 1 heterocycles. The first-order chi connectivity index (χ1) is 9.95. The molecule has 0 aliphatic rings. The van der Waals surface area contributed by atoms with Gasteiger partial charge in [-0.3, -0.25) is 4.79 Å². The molecule has 21 heavy (non-hydrogen) atoms. The minimum Gasteiger partial charge on any atom is -0.494 e. The second kappa shape index (κ2) is 5.87. The third-order valence-electron chi connectivity index (χ3n) is 3.36. The number of ether oxygens (including phenoxy) is 1. The number of nitrogen functional groups attached to an aromatic ring is 1. The number of benzene rings is 1. The summed E-state index contributed by atoms with van der Waals surface area (Å²) < 4.78 is 10.3. The molecule has 0 aliphatic heterocycles. The Morgan fingerprint density at radius 1 is 1.43 bits per heavy atom. The van der Waals surface area contributed by atoms with Crippen LogP contribution in [0.3, 0.4) is 0 Å². The molecule has 1 aromatic heterocycles. The van der Waals surface area contributed by atoms with Gasteiger partial charge in [0.15, 0.2) is 5.75 Å². The molecule has 2 rings (SSSR count). The highest BCUT2D eigenvalue weighted by atomic mass is 16.5. The van der Waals surface area contributed by atoms with Crippen LogP contribution in [0.25, 0.3) is 0 Å². The van der Waals surface area contributed by atoms with Crippen LogP contribution in [-0.4, -0.2) is 18.2 Å². The lowest BCUT2D eigenvalue weighted by molar-refractivity contribution is 0.0936. The fourth-order valence-corrected chi connectivity index (χ4v) is 2.42. The summed E-state index contributed by atoms with van der Waals surface area (Å²) in [4.78, 5) is 12.4. The zero-order chi connectivity index (χ0) is 15.6. The zero-order valence-corrected chi connectivity index (χ0v) is 12.6. The van der Waals surface area contributed by atoms with E-state index in [0.717, 1.165) is 11.3 Å². The second-order valence-corrected chi connectivity index (χ2v) is 4.86. The molecule has 0 aliphatic carbocycles. The van der Waals surface area contributed by atoms with Crippen LogP contribution in [0.2, 0.25) is 0 Å². The number of nitrogens with zero attached hydrogens (tertiary/aromatic N) is 1. The minimum atomic E-state index is -0.258. The van der Waals surface area contributed by atoms with Gasteiger partial charge in [0.1, 0.15) is 5.76 Å². The van der Waals surface area contributed by atoms with Gasteiger partial charge in [-0.2, -0.15) is 0 Å². The number of aromatic nitrogens is 1. The summed E-state index contributed by atoms with van der Waals surface area (Å²) in [6, 6.07) is 4.85. The molecule has 1 amide bonds. The van der Waals surface area contributed by atoms with Gasteiger partial charge < -0.3 is 20.3 Å². The van der Waals surface area contributed by atoms with Gasteiger partial charge in [-0.15, -0.1) is 0 Å². The summed E-state index contributed by atoms with van der Waals surface area (Å²) in [5.41, 5.74) is 8.28. The Labute approximate surface area is 123 Å². The van der Waals surface area contributed by atoms with Crippen LogP contribution >= 0.6 is 0 Å². The highest BCUT2D eigenvalue weighted by Crippen LogP contribution is 2.27. The van der Waals surface area contributed by atoms with Crippen molar-refractivity contribution in [3.8, 4) is 5.75 Å². The van der Waals surface area contributed by atoms with Crippen molar-refractivity contribution in [3.05, 3.63) is 40.8 Å². The Morgan fingerprint density at radius 2 is 2.14 bits per heavy atom. The van der Waals surface area contributed by atoms with Crippen molar-refractivity contribution in [1.82, 2.24) is 10.5 Å². The van der Waals surface area contributed by atoms with Crippen LogP contribution in [0.5, 0.6) is 5.75 Å². The van der Waals surface area contributed by atoms with Gasteiger partial charge in [-0.1, -0.05) is 11.2 Å². The standard InChI is InChI=1S/C15H19N3O3/c1-8(13-9(2)18-21-10(13)3)17-15(19)11-6-5-7-12(16)14(11)20-4/h5-8H,16H2,1-4H3,(H,17,19). The van der Waals surface area contributed by atoms with Crippen LogP contribution in [0.1, 0.15) is 40.3 Å². The van der Waals surface area contributed by atoms with Crippen LogP contribution in [-0.2, 0) is 0 Å². The summed E-state index contributed by atoms with van der Waals surface area (Å²) in [6.07, 6.45) is 0. The molecule has 0 saturated heterocycles. The maximum atomic E-state index is 12.4. The van der Waals surface area contributed by atoms with E-state index in [1.165, 1.54) is 7.11 Å². The van der Waals surface area contributed by atoms with Crippen molar-refractivity contribution in [2.75, 3.05) is 12.8 Å². The molecule has 0 radical (unpaired) electrons. The van der Waals surface area contributed by atoms with Crippen LogP contribution in [0, 0.1) is 13.8 Å². The summed E-state index contributed by atoms with van der Waals surface area (Å²) >= 11 is 0. The lowest BCUT2D eigenvalue weighted by atomic mass is 10.1. The number of para-hydroxylation sites is 1. The maximum absolute atomic E-state index is 12.4. The van der Waals surface area contributed by atoms with Gasteiger partial charge in [0.2, 0.25) is 0 Å². The average molecular weight is 289 g/mol. The number of nitrogens with two attached hydrogens (primary N) is 1. The first-order valence-electron chi connectivity index (χ1n) is 6.61. The van der Waals surface area contributed by atoms with Crippen LogP contribution in [0.4, 0.5) is 5.69 Å². The Bertz CT molecular complexity index is 645. The second-order valence-electron chi connectivity index (χ2n) is 4.86. The Balaban J connectivity index is 2.25. The van der Waals surface area contributed by atoms with E-state index in [1.54, 1.807) is 18.2 Å². The van der Waals surface area contributed by atoms with Crippen molar-refractivity contribution in [3.63, 3.8) is 0 Å². The van der Waals surface area contributed by atoms with E-state index in [4.69, 9.17) is 15.0 Å². The molecule has 1 aromatic carbocycles. The number of rotatable bonds is 4. The Hall–Kier alpha value is -2.50. The molecule has 3 N–H and O–H groups in total. The number of carbonyl (C=O) groups is 1. The molecule has 1 unspecified atom stereocenters. The fourth-order valence-electron chi connectivity index (χ4n) is 2.42. The predicted octanol–water partition coefficient (Wildman–Crippen LogP) is 2.37. The third-order valence-corrected chi connectivity index (χ3v) is 3.36. The first kappa shape index (κ1) is 14.9. The number of nitrogens with one attached hydrogen (secondary N) is 1. The SMILES string of the molecule is COc1c(N)cccc1C(=O)NC(C)c1c(C)noc1C. The molecule has 1 atom stereocenters. The normalized spacial score (nSPS) is 12.0. The van der Waals surface area contributed by atoms with E-state index < -0.39 is 0 Å². The number of methoxy groups -OCH3 is 1. The van der Waals surface area contributed by atoms with Gasteiger partial charge in [-0.05, 0) is 32.9 Å². The molecule has 2 aromatic rings. The largest absolute Gasteiger partial charge is 0.494 e. The Morgan fingerprint density at radius 3 is 2.71 bits per heavy atom. The monoisotopic (exact) mass is 289 g/mol. The number of carbonyl (C=O) groups excluding carboxylic acids is 1. The van der Waals surface area contributed by atoms with Crippen LogP contribution < -0.4 is 15.8 Å². The fraction of sp³-hybridized carbons (Fsp3) is 0.333. The van der Waals surface area contributed by atoms with E-state index in [-0.39, 0.29) is 11.9 Å². The maximum Gasteiger partial charge on any atom is 0.255 e. The highest BCUT2D eigenvalue weighted by molar-refractivity contribution is 5.98. The van der Waals surface area contributed by atoms with E-state index in [2.05, 4.69) is 10.5 Å². The van der Waals surface area contributed by atoms with E-state index in [1.807, 2.05) is 20.8 Å². The molecule has 0 saturated carbocycles. The van der Waals surface area contributed by atoms with Crippen molar-refractivity contribution in [2.24, 2.45) is 0 Å². The molecule has 6 heteroatoms. The molecule has 112 valence electrons. The van der Waals surface area contributed by atoms with E-state index >= 15 is 0 Å². The van der Waals surface area contributed by atoms with Crippen LogP contribution in [0.15, 0.2) is 22.7 Å². The molecular weight excluding hydrogens is 270 g/mol. The molecule has 6 nitrogen and oxygen atoms in total. The zero-order valence-electron chi connectivity index (χ0n) is 12.6. The Kier molecular flexibility index (Phi) is 4.16.